The number of hydrogen-bond donors (Lipinski definition) is 0. The molecule has 100 valence electrons. The van der Waals surface area contributed by atoms with Crippen LogP contribution in [0.3, 0.4) is 0 Å². The fourth-order valence-corrected chi connectivity index (χ4v) is 0.136. The summed E-state index contributed by atoms with van der Waals surface area (Å²) in [5, 5.41) is 18.7. The third-order valence-corrected chi connectivity index (χ3v) is 0.303. The Morgan fingerprint density at radius 1 is 0.812 bits per heavy atom. The lowest BCUT2D eigenvalue weighted by atomic mass is 10.3. The van der Waals surface area contributed by atoms with E-state index < -0.39 is 7.32 Å². The van der Waals surface area contributed by atoms with Gasteiger partial charge in [0.2, 0.25) is 0 Å². The maximum atomic E-state index is 9.35. The summed E-state index contributed by atoms with van der Waals surface area (Å²) in [7, 11) is -2.88. The summed E-state index contributed by atoms with van der Waals surface area (Å²) in [6.07, 6.45) is 0. The van der Waals surface area contributed by atoms with E-state index in [2.05, 4.69) is 58.0 Å². The van der Waals surface area contributed by atoms with Crippen LogP contribution in [0.15, 0.2) is 0 Å². The van der Waals surface area contributed by atoms with Gasteiger partial charge in [-0.3, -0.25) is 0 Å². The quantitative estimate of drug-likeness (QED) is 0.550. The van der Waals surface area contributed by atoms with E-state index in [1.165, 1.54) is 0 Å². The summed E-state index contributed by atoms with van der Waals surface area (Å²) < 4.78 is 3.93. The predicted molar refractivity (Wildman–Crippen MR) is 78.6 cm³/mol. The Hall–Kier alpha value is 0.805. The van der Waals surface area contributed by atoms with Crippen molar-refractivity contribution in [2.45, 2.75) is 6.92 Å². The zero-order valence-corrected chi connectivity index (χ0v) is 14.2. The van der Waals surface area contributed by atoms with Crippen LogP contribution in [-0.4, -0.2) is 67.2 Å². The highest BCUT2D eigenvalue weighted by atomic mass is 31.2. The molecule has 0 radical (unpaired) electrons. The zero-order valence-electron chi connectivity index (χ0n) is 12.4. The first-order chi connectivity index (χ1) is 6.77. The summed E-state index contributed by atoms with van der Waals surface area (Å²) in [4.78, 5) is 0. The molecule has 0 fully saturated rings. The Labute approximate surface area is 104 Å². The number of rotatable bonds is 2. The topological polar surface area (TPSA) is 55.3 Å². The van der Waals surface area contributed by atoms with Gasteiger partial charge in [0.15, 0.2) is 0 Å². The van der Waals surface area contributed by atoms with Crippen molar-refractivity contribution >= 4 is 21.8 Å². The SMILES string of the molecule is CCOB([O-])[O-].C[P+](C)(C)C.C[P+](C)(C)C. The van der Waals surface area contributed by atoms with Crippen molar-refractivity contribution in [3.63, 3.8) is 0 Å². The van der Waals surface area contributed by atoms with E-state index in [1.54, 1.807) is 6.92 Å². The first kappa shape index (κ1) is 22.0. The summed E-state index contributed by atoms with van der Waals surface area (Å²) in [6, 6.07) is 0. The molecule has 0 aliphatic rings. The molecule has 6 heteroatoms. The molecule has 0 N–H and O–H groups in total. The molecular weight excluding hydrogens is 241 g/mol. The third-order valence-electron chi connectivity index (χ3n) is 0.303. The molecule has 0 amide bonds. The summed E-state index contributed by atoms with van der Waals surface area (Å²) >= 11 is 0. The highest BCUT2D eigenvalue weighted by molar-refractivity contribution is 7.73. The van der Waals surface area contributed by atoms with Crippen molar-refractivity contribution in [2.75, 3.05) is 59.9 Å². The van der Waals surface area contributed by atoms with E-state index in [1.807, 2.05) is 0 Å². The lowest BCUT2D eigenvalue weighted by Crippen LogP contribution is -2.47. The van der Waals surface area contributed by atoms with Crippen LogP contribution in [0.5, 0.6) is 0 Å². The van der Waals surface area contributed by atoms with E-state index in [-0.39, 0.29) is 21.1 Å². The van der Waals surface area contributed by atoms with Gasteiger partial charge in [0, 0.05) is 74.5 Å². The van der Waals surface area contributed by atoms with Crippen LogP contribution in [0, 0.1) is 0 Å². The predicted octanol–water partition coefficient (Wildman–Crippen LogP) is 0.775. The monoisotopic (exact) mass is 270 g/mol. The average Bonchev–Trinajstić information content (AvgIpc) is 1.76. The van der Waals surface area contributed by atoms with Crippen LogP contribution in [0.1, 0.15) is 6.92 Å². The van der Waals surface area contributed by atoms with E-state index in [0.717, 1.165) is 0 Å². The molecule has 0 spiro atoms. The maximum absolute atomic E-state index is 9.35. The molecule has 16 heavy (non-hydrogen) atoms. The van der Waals surface area contributed by atoms with Crippen LogP contribution >= 0.6 is 14.5 Å². The molecule has 0 saturated heterocycles. The first-order valence-corrected chi connectivity index (χ1v) is 12.4. The molecule has 0 aliphatic carbocycles. The maximum Gasteiger partial charge on any atom is 0.0604 e. The second kappa shape index (κ2) is 10.9. The van der Waals surface area contributed by atoms with Crippen LogP contribution in [0.25, 0.3) is 0 Å². The molecule has 0 unspecified atom stereocenters. The first-order valence-electron chi connectivity index (χ1n) is 5.28. The van der Waals surface area contributed by atoms with Gasteiger partial charge >= 0.3 is 0 Å². The molecule has 0 aliphatic heterocycles. The third kappa shape index (κ3) is 195. The van der Waals surface area contributed by atoms with Gasteiger partial charge in [-0.15, -0.1) is 0 Å². The van der Waals surface area contributed by atoms with Gasteiger partial charge in [0.05, 0.1) is 7.32 Å². The highest BCUT2D eigenvalue weighted by Crippen LogP contribution is 2.40. The van der Waals surface area contributed by atoms with Gasteiger partial charge in [-0.05, 0) is 6.92 Å². The Morgan fingerprint density at radius 3 is 1.00 bits per heavy atom. The van der Waals surface area contributed by atoms with E-state index >= 15 is 0 Å². The molecular formula is C10H29BO3P2. The Bertz CT molecular complexity index is 118. The molecule has 0 aromatic heterocycles. The summed E-state index contributed by atoms with van der Waals surface area (Å²) in [5.74, 6) is 0. The fourth-order valence-electron chi connectivity index (χ4n) is 0.136. The summed E-state index contributed by atoms with van der Waals surface area (Å²) in [5.41, 5.74) is 0. The van der Waals surface area contributed by atoms with Crippen molar-refractivity contribution < 1.29 is 14.7 Å². The highest BCUT2D eigenvalue weighted by Gasteiger charge is 2.03. The van der Waals surface area contributed by atoms with Crippen molar-refractivity contribution in [1.29, 1.82) is 0 Å². The molecule has 0 rings (SSSR count). The largest absolute Gasteiger partial charge is 0.871 e. The second-order valence-electron chi connectivity index (χ2n) is 6.11. The molecule has 0 aromatic carbocycles. The minimum Gasteiger partial charge on any atom is -0.871 e. The Kier molecular flexibility index (Phi) is 15.0. The van der Waals surface area contributed by atoms with Crippen LogP contribution in [0.2, 0.25) is 0 Å². The van der Waals surface area contributed by atoms with Crippen molar-refractivity contribution in [1.82, 2.24) is 0 Å². The smallest absolute Gasteiger partial charge is 0.0604 e. The molecule has 0 heterocycles. The normalized spacial score (nSPS) is 10.7. The Morgan fingerprint density at radius 2 is 1.00 bits per heavy atom. The van der Waals surface area contributed by atoms with Crippen molar-refractivity contribution in [2.24, 2.45) is 0 Å². The number of hydrogen-bond acceptors (Lipinski definition) is 3. The van der Waals surface area contributed by atoms with Crippen LogP contribution < -0.4 is 10.0 Å². The van der Waals surface area contributed by atoms with Crippen LogP contribution in [0.4, 0.5) is 0 Å². The second-order valence-corrected chi connectivity index (χ2v) is 16.8. The van der Waals surface area contributed by atoms with Gasteiger partial charge in [-0.1, -0.05) is 0 Å². The molecule has 0 saturated carbocycles. The standard InChI is InChI=1S/2C4H12P.C2H5BO3/c2*1-5(2,3)4;1-2-6-3(4)5/h2*1-4H3;2H2,1H3/q2*+1;-2. The fraction of sp³-hybridized carbons (Fsp3) is 1.00. The molecule has 3 nitrogen and oxygen atoms in total. The van der Waals surface area contributed by atoms with Crippen LogP contribution in [-0.2, 0) is 4.65 Å². The van der Waals surface area contributed by atoms with Gasteiger partial charge in [0.1, 0.15) is 0 Å². The average molecular weight is 270 g/mol. The zero-order chi connectivity index (χ0) is 14.0. The lowest BCUT2D eigenvalue weighted by molar-refractivity contribution is -0.381. The summed E-state index contributed by atoms with van der Waals surface area (Å²) in [6.45, 7) is 20.2. The molecule has 0 atom stereocenters. The Balaban J connectivity index is -0.000000160. The van der Waals surface area contributed by atoms with E-state index in [4.69, 9.17) is 0 Å². The van der Waals surface area contributed by atoms with E-state index in [9.17, 15) is 10.0 Å². The molecule has 0 bridgehead atoms. The minimum atomic E-state index is -2.10. The van der Waals surface area contributed by atoms with Gasteiger partial charge < -0.3 is 14.7 Å². The lowest BCUT2D eigenvalue weighted by Gasteiger charge is -2.24. The van der Waals surface area contributed by atoms with Gasteiger partial charge in [-0.2, -0.15) is 0 Å². The molecule has 0 aromatic rings. The minimum absolute atomic E-state index is 0.206. The van der Waals surface area contributed by atoms with Crippen molar-refractivity contribution in [3.05, 3.63) is 0 Å². The van der Waals surface area contributed by atoms with E-state index in [0.29, 0.717) is 0 Å². The van der Waals surface area contributed by atoms with Gasteiger partial charge in [0.25, 0.3) is 0 Å². The van der Waals surface area contributed by atoms with Gasteiger partial charge in [-0.25, -0.2) is 0 Å². The van der Waals surface area contributed by atoms with Crippen molar-refractivity contribution in [3.8, 4) is 0 Å².